The molecule has 1 aliphatic rings. The molecule has 0 radical (unpaired) electrons. The molecule has 1 fully saturated rings. The van der Waals surface area contributed by atoms with Gasteiger partial charge in [-0.1, -0.05) is 26.7 Å². The number of hydrogen-bond donors (Lipinski definition) is 1. The van der Waals surface area contributed by atoms with Gasteiger partial charge >= 0.3 is 0 Å². The number of hydrogen-bond acceptors (Lipinski definition) is 3. The number of aliphatic hydroxyl groups excluding tert-OH is 1. The van der Waals surface area contributed by atoms with Gasteiger partial charge in [0.15, 0.2) is 0 Å². The summed E-state index contributed by atoms with van der Waals surface area (Å²) in [6.07, 6.45) is 6.44. The first-order valence-corrected chi connectivity index (χ1v) is 7.49. The van der Waals surface area contributed by atoms with E-state index in [2.05, 4.69) is 23.7 Å². The van der Waals surface area contributed by atoms with Gasteiger partial charge in [-0.05, 0) is 42.9 Å². The fraction of sp³-hybridized carbons (Fsp3) is 0.688. The van der Waals surface area contributed by atoms with Crippen LogP contribution in [0.5, 0.6) is 0 Å². The fourth-order valence-corrected chi connectivity index (χ4v) is 3.03. The largest absolute Gasteiger partial charge is 0.389 e. The van der Waals surface area contributed by atoms with Gasteiger partial charge in [0, 0.05) is 19.3 Å². The van der Waals surface area contributed by atoms with E-state index in [-0.39, 0.29) is 0 Å². The van der Waals surface area contributed by atoms with Crippen molar-refractivity contribution in [1.82, 2.24) is 4.98 Å². The molecule has 0 aliphatic carbocycles. The monoisotopic (exact) mass is 262 g/mol. The van der Waals surface area contributed by atoms with Crippen molar-refractivity contribution >= 4 is 5.82 Å². The van der Waals surface area contributed by atoms with Crippen LogP contribution in [0.3, 0.4) is 0 Å². The summed E-state index contributed by atoms with van der Waals surface area (Å²) in [7, 11) is 0. The topological polar surface area (TPSA) is 36.4 Å². The summed E-state index contributed by atoms with van der Waals surface area (Å²) in [5.41, 5.74) is 1.49. The summed E-state index contributed by atoms with van der Waals surface area (Å²) in [5.74, 6) is 1.01. The van der Waals surface area contributed by atoms with E-state index in [1.165, 1.54) is 25.7 Å². The normalized spacial score (nSPS) is 20.3. The Bertz CT molecular complexity index is 403. The van der Waals surface area contributed by atoms with E-state index in [1.54, 1.807) is 13.1 Å². The van der Waals surface area contributed by atoms with Gasteiger partial charge in [0.25, 0.3) is 0 Å². The predicted molar refractivity (Wildman–Crippen MR) is 79.3 cm³/mol. The molecule has 3 heteroatoms. The third-order valence-electron chi connectivity index (χ3n) is 4.90. The summed E-state index contributed by atoms with van der Waals surface area (Å²) >= 11 is 0. The van der Waals surface area contributed by atoms with Crippen LogP contribution in [0.15, 0.2) is 18.3 Å². The van der Waals surface area contributed by atoms with Gasteiger partial charge in [0.1, 0.15) is 5.82 Å². The van der Waals surface area contributed by atoms with Crippen LogP contribution in [-0.4, -0.2) is 23.2 Å². The van der Waals surface area contributed by atoms with Crippen LogP contribution >= 0.6 is 0 Å². The van der Waals surface area contributed by atoms with Crippen molar-refractivity contribution in [2.75, 3.05) is 18.0 Å². The van der Waals surface area contributed by atoms with E-state index >= 15 is 0 Å². The molecule has 2 heterocycles. The minimum atomic E-state index is -0.420. The van der Waals surface area contributed by atoms with E-state index in [1.807, 2.05) is 12.1 Å². The van der Waals surface area contributed by atoms with E-state index < -0.39 is 6.10 Å². The third kappa shape index (κ3) is 3.08. The maximum atomic E-state index is 9.66. The van der Waals surface area contributed by atoms with Crippen LogP contribution in [0, 0.1) is 5.41 Å². The highest BCUT2D eigenvalue weighted by Gasteiger charge is 2.31. The minimum absolute atomic E-state index is 0.420. The number of aliphatic hydroxyl groups is 1. The molecule has 1 aromatic heterocycles. The quantitative estimate of drug-likeness (QED) is 0.901. The summed E-state index contributed by atoms with van der Waals surface area (Å²) in [6, 6.07) is 3.91. The Balaban J connectivity index is 2.07. The van der Waals surface area contributed by atoms with Crippen LogP contribution in [0.25, 0.3) is 0 Å². The Morgan fingerprint density at radius 2 is 1.95 bits per heavy atom. The van der Waals surface area contributed by atoms with E-state index in [4.69, 9.17) is 0 Å². The second-order valence-electron chi connectivity index (χ2n) is 5.82. The standard InChI is InChI=1S/C16H26N2O/c1-4-16(5-2)7-10-18(11-8-16)15-12-14(13(3)19)6-9-17-15/h6,9,12-13,19H,4-5,7-8,10-11H2,1-3H3/t13-/m1/s1. The summed E-state index contributed by atoms with van der Waals surface area (Å²) in [5, 5.41) is 9.66. The zero-order chi connectivity index (χ0) is 13.9. The van der Waals surface area contributed by atoms with Gasteiger partial charge in [-0.15, -0.1) is 0 Å². The Morgan fingerprint density at radius 1 is 1.32 bits per heavy atom. The van der Waals surface area contributed by atoms with Crippen molar-refractivity contribution in [2.24, 2.45) is 5.41 Å². The molecular formula is C16H26N2O. The van der Waals surface area contributed by atoms with Crippen molar-refractivity contribution in [2.45, 2.75) is 52.6 Å². The van der Waals surface area contributed by atoms with Gasteiger partial charge in [-0.25, -0.2) is 4.98 Å². The third-order valence-corrected chi connectivity index (χ3v) is 4.90. The molecule has 0 unspecified atom stereocenters. The first-order chi connectivity index (χ1) is 9.10. The van der Waals surface area contributed by atoms with Crippen molar-refractivity contribution in [3.05, 3.63) is 23.9 Å². The molecule has 1 atom stereocenters. The number of anilines is 1. The fourth-order valence-electron chi connectivity index (χ4n) is 3.03. The van der Waals surface area contributed by atoms with Gasteiger partial charge in [-0.3, -0.25) is 0 Å². The number of piperidine rings is 1. The lowest BCUT2D eigenvalue weighted by atomic mass is 9.74. The van der Waals surface area contributed by atoms with Crippen LogP contribution < -0.4 is 4.90 Å². The molecule has 1 saturated heterocycles. The smallest absolute Gasteiger partial charge is 0.128 e. The Kier molecular flexibility index (Phi) is 4.46. The lowest BCUT2D eigenvalue weighted by Crippen LogP contribution is -2.40. The molecule has 1 aliphatic heterocycles. The lowest BCUT2D eigenvalue weighted by molar-refractivity contribution is 0.197. The van der Waals surface area contributed by atoms with E-state index in [9.17, 15) is 5.11 Å². The van der Waals surface area contributed by atoms with E-state index in [0.29, 0.717) is 5.41 Å². The number of rotatable bonds is 4. The molecule has 0 aromatic carbocycles. The number of nitrogens with zero attached hydrogens (tertiary/aromatic N) is 2. The van der Waals surface area contributed by atoms with Crippen LogP contribution in [0.2, 0.25) is 0 Å². The van der Waals surface area contributed by atoms with Crippen molar-refractivity contribution < 1.29 is 5.11 Å². The molecule has 1 N–H and O–H groups in total. The van der Waals surface area contributed by atoms with Crippen LogP contribution in [0.4, 0.5) is 5.82 Å². The van der Waals surface area contributed by atoms with Gasteiger partial charge in [0.05, 0.1) is 6.10 Å². The molecule has 0 bridgehead atoms. The molecule has 1 aromatic rings. The Labute approximate surface area is 116 Å². The van der Waals surface area contributed by atoms with Gasteiger partial charge in [-0.2, -0.15) is 0 Å². The highest BCUT2D eigenvalue weighted by Crippen LogP contribution is 2.38. The molecule has 0 amide bonds. The van der Waals surface area contributed by atoms with Crippen molar-refractivity contribution in [3.63, 3.8) is 0 Å². The Hall–Kier alpha value is -1.09. The lowest BCUT2D eigenvalue weighted by Gasteiger charge is -2.41. The van der Waals surface area contributed by atoms with Crippen LogP contribution in [0.1, 0.15) is 58.1 Å². The first-order valence-electron chi connectivity index (χ1n) is 7.49. The second kappa shape index (κ2) is 5.91. The second-order valence-corrected chi connectivity index (χ2v) is 5.82. The van der Waals surface area contributed by atoms with E-state index in [0.717, 1.165) is 24.5 Å². The molecule has 0 spiro atoms. The molecule has 3 nitrogen and oxygen atoms in total. The summed E-state index contributed by atoms with van der Waals surface area (Å²) < 4.78 is 0. The molecular weight excluding hydrogens is 236 g/mol. The summed E-state index contributed by atoms with van der Waals surface area (Å²) in [6.45, 7) is 8.58. The zero-order valence-electron chi connectivity index (χ0n) is 12.4. The maximum absolute atomic E-state index is 9.66. The zero-order valence-corrected chi connectivity index (χ0v) is 12.4. The highest BCUT2D eigenvalue weighted by atomic mass is 16.3. The number of pyridine rings is 1. The summed E-state index contributed by atoms with van der Waals surface area (Å²) in [4.78, 5) is 6.82. The molecule has 19 heavy (non-hydrogen) atoms. The maximum Gasteiger partial charge on any atom is 0.128 e. The average molecular weight is 262 g/mol. The van der Waals surface area contributed by atoms with Gasteiger partial charge < -0.3 is 10.0 Å². The van der Waals surface area contributed by atoms with Crippen LogP contribution in [-0.2, 0) is 0 Å². The molecule has 106 valence electrons. The first kappa shape index (κ1) is 14.3. The Morgan fingerprint density at radius 3 is 2.47 bits per heavy atom. The predicted octanol–water partition coefficient (Wildman–Crippen LogP) is 3.54. The molecule has 0 saturated carbocycles. The van der Waals surface area contributed by atoms with Crippen molar-refractivity contribution in [3.8, 4) is 0 Å². The molecule has 2 rings (SSSR count). The average Bonchev–Trinajstić information content (AvgIpc) is 2.47. The number of aromatic nitrogens is 1. The van der Waals surface area contributed by atoms with Crippen molar-refractivity contribution in [1.29, 1.82) is 0 Å². The highest BCUT2D eigenvalue weighted by molar-refractivity contribution is 5.42. The minimum Gasteiger partial charge on any atom is -0.389 e. The SMILES string of the molecule is CCC1(CC)CCN(c2cc([C@@H](C)O)ccn2)CC1. The van der Waals surface area contributed by atoms with Gasteiger partial charge in [0.2, 0.25) is 0 Å².